The van der Waals surface area contributed by atoms with E-state index in [2.05, 4.69) is 42.8 Å². The second-order valence-corrected chi connectivity index (χ2v) is 5.36. The minimum atomic E-state index is -0.776. The Morgan fingerprint density at radius 2 is 1.65 bits per heavy atom. The zero-order valence-electron chi connectivity index (χ0n) is 16.1. The monoisotopic (exact) mass is 349 g/mol. The van der Waals surface area contributed by atoms with E-state index in [4.69, 9.17) is 0 Å². The molecule has 0 fully saturated rings. The number of rotatable bonds is 6. The third kappa shape index (κ3) is 18.6. The minimum Gasteiger partial charge on any atom is -0.362 e. The van der Waals surface area contributed by atoms with Crippen LogP contribution in [-0.2, 0) is 11.3 Å². The molecule has 23 heavy (non-hydrogen) atoms. The Morgan fingerprint density at radius 1 is 1.17 bits per heavy atom. The lowest BCUT2D eigenvalue weighted by Gasteiger charge is -1.96. The average molecular weight is 350 g/mol. The van der Waals surface area contributed by atoms with Gasteiger partial charge in [-0.15, -0.1) is 21.5 Å². The molecule has 1 aromatic rings. The summed E-state index contributed by atoms with van der Waals surface area (Å²) in [4.78, 5) is 19.5. The maximum atomic E-state index is 9.94. The van der Waals surface area contributed by atoms with Crippen LogP contribution in [0.5, 0.6) is 0 Å². The molecule has 0 bridgehead atoms. The Labute approximate surface area is 145 Å². The molecule has 0 saturated heterocycles. The first kappa shape index (κ1) is 26.5. The van der Waals surface area contributed by atoms with Crippen molar-refractivity contribution in [2.45, 2.75) is 74.7 Å². The summed E-state index contributed by atoms with van der Waals surface area (Å²) in [6.07, 6.45) is 3.02. The standard InChI is InChI=1S/C8H13N3O3S.2C3H8.C2H6/c1-3-9-8-10-6(2)7(15-8)4-5-14-11(12)13;2*1-3-2;1-2/h3-5H2,1-2H3,(H,9,10);2*3H2,1-2H3;1-2H3. The molecule has 0 spiro atoms. The van der Waals surface area contributed by atoms with Crippen LogP contribution >= 0.6 is 11.3 Å². The summed E-state index contributed by atoms with van der Waals surface area (Å²) in [5.41, 5.74) is 0.905. The van der Waals surface area contributed by atoms with Gasteiger partial charge in [0.2, 0.25) is 0 Å². The van der Waals surface area contributed by atoms with Gasteiger partial charge in [-0.3, -0.25) is 0 Å². The molecule has 0 unspecified atom stereocenters. The van der Waals surface area contributed by atoms with Crippen molar-refractivity contribution in [2.24, 2.45) is 0 Å². The maximum absolute atomic E-state index is 9.94. The predicted molar refractivity (Wildman–Crippen MR) is 101 cm³/mol. The summed E-state index contributed by atoms with van der Waals surface area (Å²) in [5.74, 6) is 0. The maximum Gasteiger partial charge on any atom is 0.294 e. The van der Waals surface area contributed by atoms with Crippen molar-refractivity contribution in [1.82, 2.24) is 4.98 Å². The van der Waals surface area contributed by atoms with E-state index < -0.39 is 5.09 Å². The molecule has 0 aromatic carbocycles. The Kier molecular flexibility index (Phi) is 23.8. The van der Waals surface area contributed by atoms with Crippen molar-refractivity contribution in [3.8, 4) is 0 Å². The average Bonchev–Trinajstić information content (AvgIpc) is 2.83. The summed E-state index contributed by atoms with van der Waals surface area (Å²) in [7, 11) is 0. The smallest absolute Gasteiger partial charge is 0.294 e. The van der Waals surface area contributed by atoms with E-state index in [9.17, 15) is 10.1 Å². The highest BCUT2D eigenvalue weighted by Crippen LogP contribution is 2.22. The van der Waals surface area contributed by atoms with Gasteiger partial charge >= 0.3 is 0 Å². The fourth-order valence-electron chi connectivity index (χ4n) is 1.10. The summed E-state index contributed by atoms with van der Waals surface area (Å²) >= 11 is 1.51. The largest absolute Gasteiger partial charge is 0.362 e. The predicted octanol–water partition coefficient (Wildman–Crippen LogP) is 5.49. The summed E-state index contributed by atoms with van der Waals surface area (Å²) in [6, 6.07) is 0. The summed E-state index contributed by atoms with van der Waals surface area (Å²) in [5, 5.41) is 13.1. The van der Waals surface area contributed by atoms with E-state index in [1.165, 1.54) is 24.2 Å². The highest BCUT2D eigenvalue weighted by molar-refractivity contribution is 7.15. The van der Waals surface area contributed by atoms with Crippen molar-refractivity contribution in [2.75, 3.05) is 18.5 Å². The molecule has 6 nitrogen and oxygen atoms in total. The SMILES string of the molecule is CC.CCC.CCC.CCNc1nc(C)c(CCO[N+](=O)[O-])s1. The first-order valence-electron chi connectivity index (χ1n) is 8.43. The molecule has 7 heteroatoms. The molecule has 1 heterocycles. The fraction of sp³-hybridized carbons (Fsp3) is 0.812. The van der Waals surface area contributed by atoms with Crippen LogP contribution in [-0.4, -0.2) is 23.2 Å². The number of nitrogens with zero attached hydrogens (tertiary/aromatic N) is 2. The molecule has 0 radical (unpaired) electrons. The molecular formula is C16H35N3O3S. The van der Waals surface area contributed by atoms with Crippen LogP contribution in [0.4, 0.5) is 5.13 Å². The van der Waals surface area contributed by atoms with Gasteiger partial charge in [-0.2, -0.15) is 0 Å². The second-order valence-electron chi connectivity index (χ2n) is 4.28. The second kappa shape index (κ2) is 20.6. The molecule has 0 atom stereocenters. The highest BCUT2D eigenvalue weighted by atomic mass is 32.1. The van der Waals surface area contributed by atoms with Gasteiger partial charge < -0.3 is 10.2 Å². The van der Waals surface area contributed by atoms with Crippen molar-refractivity contribution >= 4 is 16.5 Å². The number of anilines is 1. The lowest BCUT2D eigenvalue weighted by atomic mass is 10.3. The van der Waals surface area contributed by atoms with Crippen molar-refractivity contribution in [3.63, 3.8) is 0 Å². The molecule has 1 aromatic heterocycles. The van der Waals surface area contributed by atoms with E-state index in [0.29, 0.717) is 6.42 Å². The van der Waals surface area contributed by atoms with E-state index in [1.54, 1.807) is 0 Å². The van der Waals surface area contributed by atoms with Crippen molar-refractivity contribution in [1.29, 1.82) is 0 Å². The third-order valence-corrected chi connectivity index (χ3v) is 2.92. The van der Waals surface area contributed by atoms with Gasteiger partial charge in [-0.1, -0.05) is 54.4 Å². The zero-order valence-corrected chi connectivity index (χ0v) is 16.9. The van der Waals surface area contributed by atoms with Crippen molar-refractivity contribution < 1.29 is 9.92 Å². The van der Waals surface area contributed by atoms with Gasteiger partial charge in [0.05, 0.1) is 5.69 Å². The van der Waals surface area contributed by atoms with Crippen LogP contribution in [0, 0.1) is 17.0 Å². The van der Waals surface area contributed by atoms with Gasteiger partial charge in [0.15, 0.2) is 5.13 Å². The van der Waals surface area contributed by atoms with Crippen LogP contribution in [0.1, 0.15) is 71.9 Å². The van der Waals surface area contributed by atoms with E-state index >= 15 is 0 Å². The van der Waals surface area contributed by atoms with E-state index in [1.807, 2.05) is 27.7 Å². The number of thiazole rings is 1. The van der Waals surface area contributed by atoms with Crippen LogP contribution < -0.4 is 5.32 Å². The van der Waals surface area contributed by atoms with Gasteiger partial charge in [0, 0.05) is 17.8 Å². The van der Waals surface area contributed by atoms with Crippen LogP contribution in [0.3, 0.4) is 0 Å². The van der Waals surface area contributed by atoms with Crippen LogP contribution in [0.2, 0.25) is 0 Å². The first-order chi connectivity index (χ1) is 11.0. The van der Waals surface area contributed by atoms with Crippen molar-refractivity contribution in [3.05, 3.63) is 20.7 Å². The molecule has 0 aliphatic heterocycles. The highest BCUT2D eigenvalue weighted by Gasteiger charge is 2.07. The summed E-state index contributed by atoms with van der Waals surface area (Å²) in [6.45, 7) is 17.3. The molecular weight excluding hydrogens is 314 g/mol. The minimum absolute atomic E-state index is 0.0849. The fourth-order valence-corrected chi connectivity index (χ4v) is 2.11. The molecule has 0 amide bonds. The molecule has 138 valence electrons. The Balaban J connectivity index is -0.000000425. The lowest BCUT2D eigenvalue weighted by molar-refractivity contribution is -0.757. The quantitative estimate of drug-likeness (QED) is 0.542. The number of nitrogens with one attached hydrogen (secondary N) is 1. The number of hydrogen-bond acceptors (Lipinski definition) is 6. The van der Waals surface area contributed by atoms with Gasteiger partial charge in [-0.25, -0.2) is 4.98 Å². The molecule has 0 aliphatic rings. The van der Waals surface area contributed by atoms with E-state index in [-0.39, 0.29) is 6.61 Å². The van der Waals surface area contributed by atoms with E-state index in [0.717, 1.165) is 22.2 Å². The van der Waals surface area contributed by atoms with Gasteiger partial charge in [-0.05, 0) is 13.8 Å². The normalized spacial score (nSPS) is 8.35. The third-order valence-electron chi connectivity index (χ3n) is 1.75. The number of aryl methyl sites for hydroxylation is 1. The Bertz CT molecular complexity index is 369. The summed E-state index contributed by atoms with van der Waals surface area (Å²) < 4.78 is 0. The molecule has 1 N–H and O–H groups in total. The van der Waals surface area contributed by atoms with Crippen LogP contribution in [0.15, 0.2) is 0 Å². The zero-order chi connectivity index (χ0) is 18.7. The number of hydrogen-bond donors (Lipinski definition) is 1. The molecule has 0 saturated carbocycles. The lowest BCUT2D eigenvalue weighted by Crippen LogP contribution is -2.04. The Hall–Kier alpha value is -1.37. The number of aromatic nitrogens is 1. The van der Waals surface area contributed by atoms with Gasteiger partial charge in [0.1, 0.15) is 6.61 Å². The topological polar surface area (TPSA) is 77.3 Å². The first-order valence-corrected chi connectivity index (χ1v) is 9.25. The van der Waals surface area contributed by atoms with Gasteiger partial charge in [0.25, 0.3) is 5.09 Å². The molecule has 1 rings (SSSR count). The van der Waals surface area contributed by atoms with Crippen LogP contribution in [0.25, 0.3) is 0 Å². The molecule has 0 aliphatic carbocycles. The Morgan fingerprint density at radius 3 is 2.04 bits per heavy atom.